The summed E-state index contributed by atoms with van der Waals surface area (Å²) in [5.74, 6) is 0.835. The molecule has 4 rings (SSSR count). The van der Waals surface area contributed by atoms with Crippen molar-refractivity contribution in [2.75, 3.05) is 13.2 Å². The highest BCUT2D eigenvalue weighted by Crippen LogP contribution is 2.29. The summed E-state index contributed by atoms with van der Waals surface area (Å²) < 4.78 is 7.41. The van der Waals surface area contributed by atoms with E-state index in [1.165, 1.54) is 19.0 Å². The molecule has 2 aromatic rings. The number of hydrogen-bond acceptors (Lipinski definition) is 5. The zero-order valence-corrected chi connectivity index (χ0v) is 15.1. The number of pyridine rings is 1. The number of aryl methyl sites for hydroxylation is 1. The molecule has 2 aromatic heterocycles. The molecule has 0 aromatic carbocycles. The van der Waals surface area contributed by atoms with Crippen molar-refractivity contribution in [2.24, 2.45) is 17.6 Å². The Balaban J connectivity index is 1.30. The first-order valence-electron chi connectivity index (χ1n) is 9.31. The SMILES string of the molecule is NC(=O)c1cnn2c1CC(CNC(=O)c1ccc(OCC3CC3)nc1)CC2. The first-order chi connectivity index (χ1) is 13.1. The van der Waals surface area contributed by atoms with Gasteiger partial charge in [-0.15, -0.1) is 0 Å². The van der Waals surface area contributed by atoms with Crippen LogP contribution in [-0.4, -0.2) is 39.7 Å². The minimum absolute atomic E-state index is 0.162. The molecule has 1 aliphatic carbocycles. The van der Waals surface area contributed by atoms with Crippen molar-refractivity contribution >= 4 is 11.8 Å². The Morgan fingerprint density at radius 3 is 2.78 bits per heavy atom. The summed E-state index contributed by atoms with van der Waals surface area (Å²) in [6.07, 6.45) is 7.08. The molecular formula is C19H23N5O3. The summed E-state index contributed by atoms with van der Waals surface area (Å²) in [5, 5.41) is 7.16. The van der Waals surface area contributed by atoms with E-state index in [0.29, 0.717) is 42.5 Å². The highest BCUT2D eigenvalue weighted by Gasteiger charge is 2.25. The third-order valence-corrected chi connectivity index (χ3v) is 5.16. The predicted molar refractivity (Wildman–Crippen MR) is 97.3 cm³/mol. The fraction of sp³-hybridized carbons (Fsp3) is 0.474. The molecule has 1 atom stereocenters. The van der Waals surface area contributed by atoms with E-state index in [1.807, 2.05) is 4.68 Å². The van der Waals surface area contributed by atoms with Crippen molar-refractivity contribution in [2.45, 2.75) is 32.2 Å². The van der Waals surface area contributed by atoms with E-state index in [9.17, 15) is 9.59 Å². The molecule has 1 aliphatic heterocycles. The van der Waals surface area contributed by atoms with Crippen LogP contribution in [0.3, 0.4) is 0 Å². The molecular weight excluding hydrogens is 346 g/mol. The van der Waals surface area contributed by atoms with Crippen molar-refractivity contribution in [1.82, 2.24) is 20.1 Å². The number of nitrogens with one attached hydrogen (secondary N) is 1. The molecule has 1 fully saturated rings. The van der Waals surface area contributed by atoms with Crippen LogP contribution in [0.5, 0.6) is 5.88 Å². The summed E-state index contributed by atoms with van der Waals surface area (Å²) in [6, 6.07) is 3.46. The van der Waals surface area contributed by atoms with Crippen molar-refractivity contribution in [3.63, 3.8) is 0 Å². The van der Waals surface area contributed by atoms with Crippen LogP contribution < -0.4 is 15.8 Å². The van der Waals surface area contributed by atoms with Crippen molar-refractivity contribution < 1.29 is 14.3 Å². The van der Waals surface area contributed by atoms with Gasteiger partial charge in [0.1, 0.15) is 0 Å². The number of amides is 2. The molecule has 0 saturated heterocycles. The zero-order valence-electron chi connectivity index (χ0n) is 15.1. The molecule has 1 saturated carbocycles. The molecule has 3 N–H and O–H groups in total. The standard InChI is InChI=1S/C19H23N5O3/c20-18(25)15-10-23-24-6-5-13(7-16(15)24)8-22-19(26)14-3-4-17(21-9-14)27-11-12-1-2-12/h3-4,9-10,12-13H,1-2,5-8,11H2,(H2,20,25)(H,22,26). The number of carbonyl (C=O) groups is 2. The molecule has 0 bridgehead atoms. The van der Waals surface area contributed by atoms with Crippen molar-refractivity contribution in [3.8, 4) is 5.88 Å². The third kappa shape index (κ3) is 4.10. The summed E-state index contributed by atoms with van der Waals surface area (Å²) in [7, 11) is 0. The number of carbonyl (C=O) groups excluding carboxylic acids is 2. The number of primary amides is 1. The third-order valence-electron chi connectivity index (χ3n) is 5.16. The molecule has 8 heteroatoms. The minimum Gasteiger partial charge on any atom is -0.477 e. The fourth-order valence-electron chi connectivity index (χ4n) is 3.31. The lowest BCUT2D eigenvalue weighted by molar-refractivity contribution is 0.0941. The van der Waals surface area contributed by atoms with Crippen molar-refractivity contribution in [1.29, 1.82) is 0 Å². The van der Waals surface area contributed by atoms with E-state index in [1.54, 1.807) is 18.3 Å². The van der Waals surface area contributed by atoms with Gasteiger partial charge in [-0.3, -0.25) is 14.3 Å². The lowest BCUT2D eigenvalue weighted by Gasteiger charge is -2.24. The van der Waals surface area contributed by atoms with E-state index >= 15 is 0 Å². The zero-order chi connectivity index (χ0) is 18.8. The van der Waals surface area contributed by atoms with Gasteiger partial charge in [-0.05, 0) is 43.6 Å². The molecule has 142 valence electrons. The van der Waals surface area contributed by atoms with Crippen LogP contribution in [0.4, 0.5) is 0 Å². The smallest absolute Gasteiger partial charge is 0.252 e. The van der Waals surface area contributed by atoms with Gasteiger partial charge in [0.25, 0.3) is 11.8 Å². The van der Waals surface area contributed by atoms with Gasteiger partial charge in [0.2, 0.25) is 5.88 Å². The summed E-state index contributed by atoms with van der Waals surface area (Å²) >= 11 is 0. The number of ether oxygens (including phenoxy) is 1. The summed E-state index contributed by atoms with van der Waals surface area (Å²) in [4.78, 5) is 28.1. The van der Waals surface area contributed by atoms with Crippen LogP contribution in [0.25, 0.3) is 0 Å². The van der Waals surface area contributed by atoms with E-state index in [0.717, 1.165) is 18.7 Å². The fourth-order valence-corrected chi connectivity index (χ4v) is 3.31. The van der Waals surface area contributed by atoms with E-state index < -0.39 is 5.91 Å². The van der Waals surface area contributed by atoms with Gasteiger partial charge in [0.05, 0.1) is 29.6 Å². The van der Waals surface area contributed by atoms with E-state index in [4.69, 9.17) is 10.5 Å². The minimum atomic E-state index is -0.462. The average molecular weight is 369 g/mol. The molecule has 1 unspecified atom stereocenters. The second kappa shape index (κ2) is 7.38. The van der Waals surface area contributed by atoms with Crippen molar-refractivity contribution in [3.05, 3.63) is 41.3 Å². The molecule has 27 heavy (non-hydrogen) atoms. The Morgan fingerprint density at radius 1 is 1.22 bits per heavy atom. The number of fused-ring (bicyclic) bond motifs is 1. The number of aromatic nitrogens is 3. The Kier molecular flexibility index (Phi) is 4.79. The molecule has 8 nitrogen and oxygen atoms in total. The van der Waals surface area contributed by atoms with Crippen LogP contribution in [0.15, 0.2) is 24.5 Å². The van der Waals surface area contributed by atoms with Crippen LogP contribution in [0, 0.1) is 11.8 Å². The molecule has 0 spiro atoms. The predicted octanol–water partition coefficient (Wildman–Crippen LogP) is 1.16. The molecule has 0 radical (unpaired) electrons. The largest absolute Gasteiger partial charge is 0.477 e. The maximum Gasteiger partial charge on any atom is 0.252 e. The van der Waals surface area contributed by atoms with Gasteiger partial charge in [-0.25, -0.2) is 4.98 Å². The van der Waals surface area contributed by atoms with E-state index in [-0.39, 0.29) is 11.8 Å². The van der Waals surface area contributed by atoms with Gasteiger partial charge in [0, 0.05) is 25.4 Å². The lowest BCUT2D eigenvalue weighted by Crippen LogP contribution is -2.34. The quantitative estimate of drug-likeness (QED) is 0.760. The van der Waals surface area contributed by atoms with E-state index in [2.05, 4.69) is 15.4 Å². The first kappa shape index (κ1) is 17.5. The Labute approximate surface area is 157 Å². The normalized spacial score (nSPS) is 18.6. The Hall–Kier alpha value is -2.90. The molecule has 3 heterocycles. The summed E-state index contributed by atoms with van der Waals surface area (Å²) in [5.41, 5.74) is 7.23. The highest BCUT2D eigenvalue weighted by atomic mass is 16.5. The molecule has 2 amide bonds. The van der Waals surface area contributed by atoms with Crippen LogP contribution >= 0.6 is 0 Å². The topological polar surface area (TPSA) is 112 Å². The number of hydrogen-bond donors (Lipinski definition) is 2. The van der Waals surface area contributed by atoms with Gasteiger partial charge >= 0.3 is 0 Å². The summed E-state index contributed by atoms with van der Waals surface area (Å²) in [6.45, 7) is 1.95. The van der Waals surface area contributed by atoms with Gasteiger partial charge in [-0.2, -0.15) is 5.10 Å². The van der Waals surface area contributed by atoms with Gasteiger partial charge in [-0.1, -0.05) is 0 Å². The highest BCUT2D eigenvalue weighted by molar-refractivity contribution is 5.94. The monoisotopic (exact) mass is 369 g/mol. The maximum absolute atomic E-state index is 12.4. The van der Waals surface area contributed by atoms with Crippen LogP contribution in [0.1, 0.15) is 45.7 Å². The lowest BCUT2D eigenvalue weighted by atomic mass is 9.94. The second-order valence-electron chi connectivity index (χ2n) is 7.30. The second-order valence-corrected chi connectivity index (χ2v) is 7.30. The van der Waals surface area contributed by atoms with Crippen LogP contribution in [0.2, 0.25) is 0 Å². The number of rotatable bonds is 7. The van der Waals surface area contributed by atoms with Gasteiger partial charge < -0.3 is 15.8 Å². The number of nitrogens with zero attached hydrogens (tertiary/aromatic N) is 3. The van der Waals surface area contributed by atoms with Crippen LogP contribution in [-0.2, 0) is 13.0 Å². The Bertz CT molecular complexity index is 842. The number of nitrogens with two attached hydrogens (primary N) is 1. The Morgan fingerprint density at radius 2 is 2.07 bits per heavy atom. The maximum atomic E-state index is 12.4. The van der Waals surface area contributed by atoms with Gasteiger partial charge in [0.15, 0.2) is 0 Å². The molecule has 2 aliphatic rings. The first-order valence-corrected chi connectivity index (χ1v) is 9.31. The average Bonchev–Trinajstić information content (AvgIpc) is 3.41.